The molecule has 0 atom stereocenters. The lowest BCUT2D eigenvalue weighted by molar-refractivity contribution is 0.393. The summed E-state index contributed by atoms with van der Waals surface area (Å²) in [5.74, 6) is 2.19. The number of nitrogens with one attached hydrogen (secondary N) is 2. The van der Waals surface area contributed by atoms with Crippen molar-refractivity contribution in [2.24, 2.45) is 0 Å². The average Bonchev–Trinajstić information content (AvgIpc) is 3.52. The zero-order valence-electron chi connectivity index (χ0n) is 20.9. The van der Waals surface area contributed by atoms with Crippen LogP contribution in [0.3, 0.4) is 0 Å². The molecular formula is C28H26N6O2. The van der Waals surface area contributed by atoms with E-state index in [2.05, 4.69) is 38.5 Å². The molecule has 0 aliphatic carbocycles. The van der Waals surface area contributed by atoms with Crippen molar-refractivity contribution in [2.45, 2.75) is 34.1 Å². The minimum atomic E-state index is 0.565. The van der Waals surface area contributed by atoms with Crippen LogP contribution >= 0.6 is 0 Å². The minimum Gasteiger partial charge on any atom is -0.496 e. The molecule has 4 heterocycles. The molecule has 0 aliphatic rings. The smallest absolute Gasteiger partial charge is 0.142 e. The topological polar surface area (TPSA) is 106 Å². The maximum Gasteiger partial charge on any atom is 0.142 e. The summed E-state index contributed by atoms with van der Waals surface area (Å²) in [6.07, 6.45) is 0.565. The number of nitrogens with zero attached hydrogens (tertiary/aromatic N) is 4. The number of H-pyrrole nitrogens is 2. The maximum atomic E-state index is 5.83. The summed E-state index contributed by atoms with van der Waals surface area (Å²) in [5.41, 5.74) is 9.56. The van der Waals surface area contributed by atoms with Crippen molar-refractivity contribution in [1.29, 1.82) is 0 Å². The van der Waals surface area contributed by atoms with Gasteiger partial charge in [-0.2, -0.15) is 5.10 Å². The summed E-state index contributed by atoms with van der Waals surface area (Å²) >= 11 is 0. The highest BCUT2D eigenvalue weighted by Gasteiger charge is 2.22. The van der Waals surface area contributed by atoms with Crippen LogP contribution in [0.25, 0.3) is 44.2 Å². The number of aromatic nitrogens is 6. The minimum absolute atomic E-state index is 0.565. The number of hydrogen-bond donors (Lipinski definition) is 2. The standard InChI is InChI=1S/C28H26N6O2/c1-14-26(18-9-7-6-8-10-18)23(33-32-14)13-22-27-19-12-24(35-5)20(25-15(2)34-36-16(25)3)11-21(19)31-28(27)30-17(4)29-22/h6-12H,13H2,1-5H3,(H,32,33)(H,29,30,31). The SMILES string of the molecule is COc1cc2c(cc1-c1c(C)noc1C)[nH]c1nc(C)nc(Cc3n[nH]c(C)c3-c3ccccc3)c12. The van der Waals surface area contributed by atoms with Crippen LogP contribution in [0.2, 0.25) is 0 Å². The Morgan fingerprint density at radius 2 is 1.75 bits per heavy atom. The Labute approximate surface area is 207 Å². The van der Waals surface area contributed by atoms with Gasteiger partial charge < -0.3 is 14.2 Å². The Morgan fingerprint density at radius 1 is 0.944 bits per heavy atom. The van der Waals surface area contributed by atoms with Gasteiger partial charge in [-0.15, -0.1) is 0 Å². The van der Waals surface area contributed by atoms with Crippen LogP contribution in [-0.2, 0) is 6.42 Å². The van der Waals surface area contributed by atoms with E-state index in [0.29, 0.717) is 12.2 Å². The fourth-order valence-corrected chi connectivity index (χ4v) is 5.14. The summed E-state index contributed by atoms with van der Waals surface area (Å²) in [4.78, 5) is 13.1. The molecule has 0 bridgehead atoms. The highest BCUT2D eigenvalue weighted by molar-refractivity contribution is 6.09. The quantitative estimate of drug-likeness (QED) is 0.315. The zero-order chi connectivity index (χ0) is 25.0. The maximum absolute atomic E-state index is 5.83. The number of methoxy groups -OCH3 is 1. The van der Waals surface area contributed by atoms with Gasteiger partial charge in [0, 0.05) is 39.5 Å². The Balaban J connectivity index is 1.55. The fourth-order valence-electron chi connectivity index (χ4n) is 5.14. The van der Waals surface area contributed by atoms with E-state index < -0.39 is 0 Å². The third-order valence-corrected chi connectivity index (χ3v) is 6.68. The molecule has 0 radical (unpaired) electrons. The molecule has 4 aromatic heterocycles. The lowest BCUT2D eigenvalue weighted by Crippen LogP contribution is -2.00. The predicted octanol–water partition coefficient (Wildman–Crippen LogP) is 5.99. The second kappa shape index (κ2) is 8.34. The van der Waals surface area contributed by atoms with Crippen molar-refractivity contribution in [2.75, 3.05) is 7.11 Å². The van der Waals surface area contributed by atoms with Gasteiger partial charge in [0.1, 0.15) is 23.0 Å². The second-order valence-corrected chi connectivity index (χ2v) is 9.08. The van der Waals surface area contributed by atoms with Crippen LogP contribution in [0.15, 0.2) is 47.0 Å². The molecule has 0 spiro atoms. The summed E-state index contributed by atoms with van der Waals surface area (Å²) < 4.78 is 11.2. The van der Waals surface area contributed by atoms with Crippen molar-refractivity contribution >= 4 is 21.9 Å². The summed E-state index contributed by atoms with van der Waals surface area (Å²) in [5, 5.41) is 13.9. The van der Waals surface area contributed by atoms with Crippen LogP contribution in [0.1, 0.15) is 34.4 Å². The van der Waals surface area contributed by atoms with Gasteiger partial charge in [0.25, 0.3) is 0 Å². The van der Waals surface area contributed by atoms with Crippen molar-refractivity contribution in [3.8, 4) is 28.0 Å². The third-order valence-electron chi connectivity index (χ3n) is 6.68. The molecule has 0 saturated carbocycles. The molecule has 0 aliphatic heterocycles. The number of benzene rings is 2. The molecule has 8 nitrogen and oxygen atoms in total. The Morgan fingerprint density at radius 3 is 2.47 bits per heavy atom. The molecule has 180 valence electrons. The summed E-state index contributed by atoms with van der Waals surface area (Å²) in [6, 6.07) is 14.4. The summed E-state index contributed by atoms with van der Waals surface area (Å²) in [7, 11) is 1.68. The van der Waals surface area contributed by atoms with Crippen LogP contribution in [0, 0.1) is 27.7 Å². The number of fused-ring (bicyclic) bond motifs is 3. The normalized spacial score (nSPS) is 11.6. The second-order valence-electron chi connectivity index (χ2n) is 9.08. The van der Waals surface area contributed by atoms with Crippen molar-refractivity contribution < 1.29 is 9.26 Å². The highest BCUT2D eigenvalue weighted by Crippen LogP contribution is 2.40. The van der Waals surface area contributed by atoms with E-state index in [1.165, 1.54) is 0 Å². The number of ether oxygens (including phenoxy) is 1. The zero-order valence-corrected chi connectivity index (χ0v) is 20.9. The van der Waals surface area contributed by atoms with Gasteiger partial charge in [-0.1, -0.05) is 35.5 Å². The van der Waals surface area contributed by atoms with Gasteiger partial charge in [0.2, 0.25) is 0 Å². The molecule has 6 rings (SSSR count). The molecule has 0 fully saturated rings. The molecule has 36 heavy (non-hydrogen) atoms. The van der Waals surface area contributed by atoms with E-state index in [1.54, 1.807) is 7.11 Å². The van der Waals surface area contributed by atoms with Crippen LogP contribution in [-0.4, -0.2) is 37.4 Å². The van der Waals surface area contributed by atoms with Crippen molar-refractivity contribution in [1.82, 2.24) is 30.3 Å². The van der Waals surface area contributed by atoms with Gasteiger partial charge in [-0.05, 0) is 45.4 Å². The van der Waals surface area contributed by atoms with E-state index in [0.717, 1.165) is 78.5 Å². The number of hydrogen-bond acceptors (Lipinski definition) is 6. The lowest BCUT2D eigenvalue weighted by Gasteiger charge is -2.10. The van der Waals surface area contributed by atoms with Crippen LogP contribution < -0.4 is 4.74 Å². The first-order valence-electron chi connectivity index (χ1n) is 11.8. The molecular weight excluding hydrogens is 452 g/mol. The van der Waals surface area contributed by atoms with E-state index in [-0.39, 0.29) is 0 Å². The number of aromatic amines is 2. The monoisotopic (exact) mass is 478 g/mol. The van der Waals surface area contributed by atoms with Crippen molar-refractivity contribution in [3.63, 3.8) is 0 Å². The van der Waals surface area contributed by atoms with Crippen LogP contribution in [0.4, 0.5) is 0 Å². The van der Waals surface area contributed by atoms with Crippen molar-refractivity contribution in [3.05, 3.63) is 76.8 Å². The Bertz CT molecular complexity index is 1720. The first-order chi connectivity index (χ1) is 17.4. The van der Waals surface area contributed by atoms with Gasteiger partial charge in [0.15, 0.2) is 0 Å². The van der Waals surface area contributed by atoms with Crippen LogP contribution in [0.5, 0.6) is 5.75 Å². The molecule has 0 unspecified atom stereocenters. The van der Waals surface area contributed by atoms with E-state index in [1.807, 2.05) is 52.0 Å². The largest absolute Gasteiger partial charge is 0.496 e. The fraction of sp³-hybridized carbons (Fsp3) is 0.214. The van der Waals surface area contributed by atoms with Gasteiger partial charge >= 0.3 is 0 Å². The van der Waals surface area contributed by atoms with Gasteiger partial charge in [-0.3, -0.25) is 5.10 Å². The lowest BCUT2D eigenvalue weighted by atomic mass is 9.98. The number of aryl methyl sites for hydroxylation is 4. The Kier molecular flexibility index (Phi) is 5.10. The predicted molar refractivity (Wildman–Crippen MR) is 139 cm³/mol. The molecule has 2 aromatic carbocycles. The molecule has 0 amide bonds. The third kappa shape index (κ3) is 3.45. The molecule has 8 heteroatoms. The number of rotatable bonds is 5. The summed E-state index contributed by atoms with van der Waals surface area (Å²) in [6.45, 7) is 7.81. The first kappa shape index (κ1) is 22.0. The van der Waals surface area contributed by atoms with E-state index >= 15 is 0 Å². The first-order valence-corrected chi connectivity index (χ1v) is 11.8. The highest BCUT2D eigenvalue weighted by atomic mass is 16.5. The average molecular weight is 479 g/mol. The molecule has 6 aromatic rings. The Hall–Kier alpha value is -4.46. The molecule has 2 N–H and O–H groups in total. The molecule has 0 saturated heterocycles. The van der Waals surface area contributed by atoms with E-state index in [9.17, 15) is 0 Å². The van der Waals surface area contributed by atoms with E-state index in [4.69, 9.17) is 19.2 Å². The van der Waals surface area contributed by atoms with Gasteiger partial charge in [-0.25, -0.2) is 9.97 Å². The van der Waals surface area contributed by atoms with Gasteiger partial charge in [0.05, 0.1) is 29.8 Å².